The molecule has 10 heteroatoms. The van der Waals surface area contributed by atoms with Crippen molar-refractivity contribution in [3.63, 3.8) is 0 Å². The second-order valence-corrected chi connectivity index (χ2v) is 10.2. The van der Waals surface area contributed by atoms with E-state index in [0.29, 0.717) is 51.0 Å². The molecule has 1 unspecified atom stereocenters. The summed E-state index contributed by atoms with van der Waals surface area (Å²) in [5.74, 6) is 0.879. The third-order valence-corrected chi connectivity index (χ3v) is 7.49. The minimum absolute atomic E-state index is 0.0288. The summed E-state index contributed by atoms with van der Waals surface area (Å²) in [6.07, 6.45) is -1.08. The van der Waals surface area contributed by atoms with Crippen molar-refractivity contribution in [2.24, 2.45) is 0 Å². The molecular formula is C33H22O10. The number of aliphatic hydroxyl groups excluding tert-OH is 1. The zero-order chi connectivity index (χ0) is 29.8. The molecule has 6 aromatic rings. The molecule has 1 atom stereocenters. The van der Waals surface area contributed by atoms with E-state index in [9.17, 15) is 24.6 Å². The second kappa shape index (κ2) is 10.0. The Morgan fingerprint density at radius 3 is 2.40 bits per heavy atom. The second-order valence-electron chi connectivity index (χ2n) is 10.2. The summed E-state index contributed by atoms with van der Waals surface area (Å²) in [5.41, 5.74) is 1.45. The van der Waals surface area contributed by atoms with E-state index >= 15 is 0 Å². The number of methoxy groups -OCH3 is 1. The molecule has 10 nitrogen and oxygen atoms in total. The average Bonchev–Trinajstić information content (AvgIpc) is 2.98. The highest BCUT2D eigenvalue weighted by molar-refractivity contribution is 5.85. The van der Waals surface area contributed by atoms with Gasteiger partial charge < -0.3 is 32.9 Å². The Morgan fingerprint density at radius 2 is 1.58 bits per heavy atom. The molecule has 3 aromatic heterocycles. The molecule has 214 valence electrons. The smallest absolute Gasteiger partial charge is 0.339 e. The lowest BCUT2D eigenvalue weighted by molar-refractivity contribution is -0.0232. The fraction of sp³-hybridized carbons (Fsp3) is 0.121. The fourth-order valence-electron chi connectivity index (χ4n) is 5.48. The molecule has 1 aliphatic heterocycles. The van der Waals surface area contributed by atoms with Crippen LogP contribution in [-0.4, -0.2) is 17.3 Å². The van der Waals surface area contributed by atoms with Gasteiger partial charge in [0, 0.05) is 34.9 Å². The molecule has 3 aromatic carbocycles. The molecule has 0 saturated carbocycles. The van der Waals surface area contributed by atoms with E-state index in [1.807, 2.05) is 0 Å². The van der Waals surface area contributed by atoms with E-state index in [1.165, 1.54) is 31.4 Å². The number of aromatic hydroxyl groups is 1. The summed E-state index contributed by atoms with van der Waals surface area (Å²) in [5, 5.41) is 22.2. The Balaban J connectivity index is 1.29. The van der Waals surface area contributed by atoms with Crippen molar-refractivity contribution in [2.45, 2.75) is 19.1 Å². The maximum Gasteiger partial charge on any atom is 0.339 e. The number of rotatable bonds is 5. The van der Waals surface area contributed by atoms with Gasteiger partial charge in [-0.2, -0.15) is 0 Å². The average molecular weight is 579 g/mol. The van der Waals surface area contributed by atoms with Crippen LogP contribution in [-0.2, 0) is 12.8 Å². The molecule has 0 amide bonds. The van der Waals surface area contributed by atoms with Crippen molar-refractivity contribution < 1.29 is 32.9 Å². The summed E-state index contributed by atoms with van der Waals surface area (Å²) >= 11 is 0. The van der Waals surface area contributed by atoms with Crippen LogP contribution in [0.3, 0.4) is 0 Å². The Morgan fingerprint density at radius 1 is 0.791 bits per heavy atom. The number of phenols is 1. The highest BCUT2D eigenvalue weighted by atomic mass is 16.6. The van der Waals surface area contributed by atoms with E-state index in [1.54, 1.807) is 48.5 Å². The van der Waals surface area contributed by atoms with E-state index in [-0.39, 0.29) is 34.6 Å². The Hall–Kier alpha value is -5.61. The quantitative estimate of drug-likeness (QED) is 0.273. The maximum atomic E-state index is 13.3. The topological polar surface area (TPSA) is 150 Å². The van der Waals surface area contributed by atoms with Gasteiger partial charge in [0.1, 0.15) is 17.1 Å². The predicted molar refractivity (Wildman–Crippen MR) is 155 cm³/mol. The number of para-hydroxylation sites is 1. The lowest BCUT2D eigenvalue weighted by Crippen LogP contribution is -2.19. The number of aliphatic hydroxyl groups is 1. The summed E-state index contributed by atoms with van der Waals surface area (Å²) in [4.78, 5) is 37.7. The maximum absolute atomic E-state index is 13.3. The van der Waals surface area contributed by atoms with Gasteiger partial charge in [0.15, 0.2) is 17.1 Å². The van der Waals surface area contributed by atoms with Crippen LogP contribution in [0.25, 0.3) is 33.3 Å². The third-order valence-electron chi connectivity index (χ3n) is 7.49. The van der Waals surface area contributed by atoms with Gasteiger partial charge >= 0.3 is 16.9 Å². The molecule has 0 radical (unpaired) electrons. The number of phenolic OH excluding ortho intramolecular Hbond substituents is 1. The molecule has 0 aliphatic carbocycles. The van der Waals surface area contributed by atoms with Crippen LogP contribution >= 0.6 is 0 Å². The monoisotopic (exact) mass is 578 g/mol. The largest absolute Gasteiger partial charge is 0.504 e. The molecular weight excluding hydrogens is 556 g/mol. The molecule has 4 heterocycles. The van der Waals surface area contributed by atoms with Crippen LogP contribution in [0, 0.1) is 0 Å². The van der Waals surface area contributed by atoms with Gasteiger partial charge in [-0.15, -0.1) is 0 Å². The number of fused-ring (bicyclic) bond motifs is 5. The van der Waals surface area contributed by atoms with Gasteiger partial charge in [0.25, 0.3) is 0 Å². The predicted octanol–water partition coefficient (Wildman–Crippen LogP) is 4.80. The van der Waals surface area contributed by atoms with Gasteiger partial charge in [-0.05, 0) is 65.6 Å². The molecule has 43 heavy (non-hydrogen) atoms. The van der Waals surface area contributed by atoms with Crippen molar-refractivity contribution in [1.29, 1.82) is 0 Å². The van der Waals surface area contributed by atoms with Gasteiger partial charge in [0.2, 0.25) is 6.29 Å². The molecule has 1 aliphatic rings. The number of benzene rings is 3. The Bertz CT molecular complexity index is 2260. The van der Waals surface area contributed by atoms with Crippen LogP contribution < -0.4 is 26.4 Å². The van der Waals surface area contributed by atoms with Crippen LogP contribution in [0.2, 0.25) is 0 Å². The van der Waals surface area contributed by atoms with Crippen LogP contribution in [0.5, 0.6) is 17.2 Å². The lowest BCUT2D eigenvalue weighted by atomic mass is 9.95. The van der Waals surface area contributed by atoms with Gasteiger partial charge in [-0.1, -0.05) is 18.2 Å². The minimum atomic E-state index is -1.40. The van der Waals surface area contributed by atoms with Gasteiger partial charge in [0.05, 0.1) is 18.2 Å². The fourth-order valence-corrected chi connectivity index (χ4v) is 5.48. The van der Waals surface area contributed by atoms with Crippen LogP contribution in [0.4, 0.5) is 0 Å². The molecule has 0 spiro atoms. The van der Waals surface area contributed by atoms with Crippen LogP contribution in [0.15, 0.2) is 100 Å². The molecule has 0 bridgehead atoms. The Kier molecular flexibility index (Phi) is 6.14. The molecule has 2 N–H and O–H groups in total. The van der Waals surface area contributed by atoms with Crippen molar-refractivity contribution in [2.75, 3.05) is 7.11 Å². The van der Waals surface area contributed by atoms with Crippen molar-refractivity contribution in [1.82, 2.24) is 0 Å². The molecule has 0 fully saturated rings. The van der Waals surface area contributed by atoms with E-state index in [0.717, 1.165) is 5.56 Å². The van der Waals surface area contributed by atoms with Gasteiger partial charge in [-0.25, -0.2) is 14.4 Å². The van der Waals surface area contributed by atoms with Crippen molar-refractivity contribution in [3.8, 4) is 28.6 Å². The minimum Gasteiger partial charge on any atom is -0.504 e. The van der Waals surface area contributed by atoms with Gasteiger partial charge in [-0.3, -0.25) is 0 Å². The number of hydrogen-bond donors (Lipinski definition) is 2. The summed E-state index contributed by atoms with van der Waals surface area (Å²) < 4.78 is 27.3. The lowest BCUT2D eigenvalue weighted by Gasteiger charge is -2.24. The first-order chi connectivity index (χ1) is 20.8. The first-order valence-electron chi connectivity index (χ1n) is 13.3. The molecule has 0 saturated heterocycles. The molecule has 7 rings (SSSR count). The first-order valence-corrected chi connectivity index (χ1v) is 13.3. The van der Waals surface area contributed by atoms with Crippen molar-refractivity contribution >= 4 is 21.9 Å². The zero-order valence-corrected chi connectivity index (χ0v) is 22.6. The normalized spacial score (nSPS) is 13.9. The third kappa shape index (κ3) is 4.63. The van der Waals surface area contributed by atoms with E-state index in [2.05, 4.69) is 0 Å². The highest BCUT2D eigenvalue weighted by Gasteiger charge is 2.29. The van der Waals surface area contributed by atoms with E-state index in [4.69, 9.17) is 22.7 Å². The number of hydrogen-bond acceptors (Lipinski definition) is 10. The summed E-state index contributed by atoms with van der Waals surface area (Å²) in [6.45, 7) is 0. The summed E-state index contributed by atoms with van der Waals surface area (Å²) in [7, 11) is 1.52. The van der Waals surface area contributed by atoms with E-state index < -0.39 is 23.2 Å². The number of ether oxygens (including phenoxy) is 2. The Labute approximate surface area is 241 Å². The zero-order valence-electron chi connectivity index (χ0n) is 22.6. The summed E-state index contributed by atoms with van der Waals surface area (Å²) in [6, 6.07) is 19.2. The van der Waals surface area contributed by atoms with Crippen molar-refractivity contribution in [3.05, 3.63) is 132 Å². The first kappa shape index (κ1) is 26.3. The highest BCUT2D eigenvalue weighted by Crippen LogP contribution is 2.42. The SMILES string of the molecule is COc1ccc2oc(=O)cc(Cc3cc4c(oc3=O)-c3cc(Cc5cc(=O)oc6c(O)cccc56)ccc3OC4O)c2c1. The standard InChI is InChI=1S/C33H22O10/c1-39-20-6-8-26-22(15-20)18(14-28(35)40-26)11-19-12-24-30(43-32(19)37)23-10-16(5-7-27(23)41-33(24)38)9-17-13-29(36)42-31-21(17)3-2-4-25(31)34/h2-8,10,12-15,33-34,38H,9,11H2,1H3. The van der Waals surface area contributed by atoms with Crippen LogP contribution in [0.1, 0.15) is 34.1 Å².